The Morgan fingerprint density at radius 3 is 2.74 bits per heavy atom. The number of rotatable bonds is 6. The number of likely N-dealkylation sites (tertiary alicyclic amines) is 1. The van der Waals surface area contributed by atoms with Gasteiger partial charge >= 0.3 is 6.18 Å². The summed E-state index contributed by atoms with van der Waals surface area (Å²) in [6.07, 6.45) is -3.52. The van der Waals surface area contributed by atoms with E-state index in [1.807, 2.05) is 0 Å². The Bertz CT molecular complexity index is 309. The Morgan fingerprint density at radius 1 is 1.58 bits per heavy atom. The molecule has 0 spiro atoms. The second-order valence-corrected chi connectivity index (χ2v) is 4.83. The van der Waals surface area contributed by atoms with Crippen LogP contribution in [0.1, 0.15) is 13.3 Å². The molecule has 0 aliphatic carbocycles. The quantitative estimate of drug-likeness (QED) is 0.292. The topological polar surface area (TPSA) is 73.9 Å². The molecule has 0 bridgehead atoms. The Hall–Kier alpha value is -1.02. The van der Waals surface area contributed by atoms with E-state index in [-0.39, 0.29) is 6.54 Å². The molecule has 1 saturated heterocycles. The standard InChI is InChI=1S/C11H21F3N4O/c1-2-18-4-3-8(7-18)5-16-6-9(10(15)17-19)11(12,13)14/h8-9,16,19H,2-7H2,1H3,(H2,15,17). The molecule has 2 atom stereocenters. The maximum atomic E-state index is 12.7. The van der Waals surface area contributed by atoms with Crippen molar-refractivity contribution in [3.05, 3.63) is 0 Å². The Balaban J connectivity index is 2.37. The third-order valence-corrected chi connectivity index (χ3v) is 3.47. The third-order valence-electron chi connectivity index (χ3n) is 3.47. The first kappa shape index (κ1) is 16.0. The van der Waals surface area contributed by atoms with Gasteiger partial charge in [-0.3, -0.25) is 0 Å². The minimum atomic E-state index is -4.51. The fourth-order valence-corrected chi connectivity index (χ4v) is 2.26. The number of nitrogens with two attached hydrogens (primary N) is 1. The van der Waals surface area contributed by atoms with E-state index in [0.717, 1.165) is 26.1 Å². The number of nitrogens with one attached hydrogen (secondary N) is 1. The predicted molar refractivity (Wildman–Crippen MR) is 66.0 cm³/mol. The lowest BCUT2D eigenvalue weighted by Crippen LogP contribution is -2.43. The molecule has 0 amide bonds. The molecule has 0 radical (unpaired) electrons. The molecule has 0 aromatic rings. The average Bonchev–Trinajstić information content (AvgIpc) is 2.80. The lowest BCUT2D eigenvalue weighted by molar-refractivity contribution is -0.154. The monoisotopic (exact) mass is 282 g/mol. The van der Waals surface area contributed by atoms with Crippen LogP contribution in [0.2, 0.25) is 0 Å². The van der Waals surface area contributed by atoms with Crippen LogP contribution in [0.4, 0.5) is 13.2 Å². The number of nitrogens with zero attached hydrogens (tertiary/aromatic N) is 2. The van der Waals surface area contributed by atoms with Crippen molar-refractivity contribution in [2.75, 3.05) is 32.7 Å². The smallest absolute Gasteiger partial charge is 0.400 e. The highest BCUT2D eigenvalue weighted by atomic mass is 19.4. The van der Waals surface area contributed by atoms with Crippen LogP contribution in [0.3, 0.4) is 0 Å². The Morgan fingerprint density at radius 2 is 2.26 bits per heavy atom. The summed E-state index contributed by atoms with van der Waals surface area (Å²) >= 11 is 0. The first-order valence-corrected chi connectivity index (χ1v) is 6.35. The van der Waals surface area contributed by atoms with Crippen LogP contribution < -0.4 is 11.1 Å². The van der Waals surface area contributed by atoms with Crippen LogP contribution in [-0.2, 0) is 0 Å². The zero-order chi connectivity index (χ0) is 14.5. The van der Waals surface area contributed by atoms with E-state index < -0.39 is 17.9 Å². The molecule has 1 rings (SSSR count). The summed E-state index contributed by atoms with van der Waals surface area (Å²) in [4.78, 5) is 2.26. The van der Waals surface area contributed by atoms with Crippen molar-refractivity contribution >= 4 is 5.84 Å². The van der Waals surface area contributed by atoms with Crippen LogP contribution in [-0.4, -0.2) is 54.8 Å². The first-order chi connectivity index (χ1) is 8.88. The summed E-state index contributed by atoms with van der Waals surface area (Å²) in [6.45, 7) is 5.08. The first-order valence-electron chi connectivity index (χ1n) is 6.35. The molecule has 5 nitrogen and oxygen atoms in total. The van der Waals surface area contributed by atoms with Gasteiger partial charge in [0.25, 0.3) is 0 Å². The van der Waals surface area contributed by atoms with E-state index in [9.17, 15) is 13.2 Å². The fraction of sp³-hybridized carbons (Fsp3) is 0.909. The molecule has 0 aromatic carbocycles. The molecule has 8 heteroatoms. The second-order valence-electron chi connectivity index (χ2n) is 4.83. The van der Waals surface area contributed by atoms with Gasteiger partial charge in [-0.05, 0) is 32.0 Å². The fourth-order valence-electron chi connectivity index (χ4n) is 2.26. The molecule has 1 fully saturated rings. The van der Waals surface area contributed by atoms with Crippen LogP contribution in [0, 0.1) is 11.8 Å². The SMILES string of the molecule is CCN1CCC(CNCC(C(N)=NO)C(F)(F)F)C1. The van der Waals surface area contributed by atoms with Crippen molar-refractivity contribution in [3.63, 3.8) is 0 Å². The van der Waals surface area contributed by atoms with Gasteiger partial charge in [0.2, 0.25) is 0 Å². The van der Waals surface area contributed by atoms with Gasteiger partial charge < -0.3 is 21.2 Å². The molecule has 4 N–H and O–H groups in total. The number of hydrogen-bond acceptors (Lipinski definition) is 4. The van der Waals surface area contributed by atoms with Gasteiger partial charge in [0, 0.05) is 13.1 Å². The highest BCUT2D eigenvalue weighted by Gasteiger charge is 2.42. The molecular weight excluding hydrogens is 261 g/mol. The van der Waals surface area contributed by atoms with Crippen molar-refractivity contribution in [3.8, 4) is 0 Å². The molecule has 1 aliphatic heterocycles. The van der Waals surface area contributed by atoms with Gasteiger partial charge in [-0.15, -0.1) is 0 Å². The van der Waals surface area contributed by atoms with E-state index >= 15 is 0 Å². The van der Waals surface area contributed by atoms with Gasteiger partial charge in [0.15, 0.2) is 5.84 Å². The molecule has 0 saturated carbocycles. The van der Waals surface area contributed by atoms with Crippen molar-refractivity contribution in [2.45, 2.75) is 19.5 Å². The second kappa shape index (κ2) is 6.95. The number of alkyl halides is 3. The van der Waals surface area contributed by atoms with Gasteiger partial charge in [-0.1, -0.05) is 12.1 Å². The van der Waals surface area contributed by atoms with Crippen LogP contribution in [0.5, 0.6) is 0 Å². The maximum Gasteiger partial charge on any atom is 0.400 e. The highest BCUT2D eigenvalue weighted by Crippen LogP contribution is 2.26. The minimum absolute atomic E-state index is 0.359. The lowest BCUT2D eigenvalue weighted by Gasteiger charge is -2.20. The lowest BCUT2D eigenvalue weighted by atomic mass is 10.1. The number of hydrogen-bond donors (Lipinski definition) is 3. The largest absolute Gasteiger partial charge is 0.409 e. The highest BCUT2D eigenvalue weighted by molar-refractivity contribution is 5.83. The maximum absolute atomic E-state index is 12.7. The normalized spacial score (nSPS) is 23.8. The van der Waals surface area contributed by atoms with Gasteiger partial charge in [-0.25, -0.2) is 0 Å². The van der Waals surface area contributed by atoms with Crippen molar-refractivity contribution < 1.29 is 18.4 Å². The molecule has 1 aliphatic rings. The molecule has 2 unspecified atom stereocenters. The number of amidine groups is 1. The van der Waals surface area contributed by atoms with Gasteiger partial charge in [0.1, 0.15) is 5.92 Å². The number of halogens is 3. The summed E-state index contributed by atoms with van der Waals surface area (Å²) in [6, 6.07) is 0. The molecule has 19 heavy (non-hydrogen) atoms. The summed E-state index contributed by atoms with van der Waals surface area (Å²) in [7, 11) is 0. The summed E-state index contributed by atoms with van der Waals surface area (Å²) in [5, 5.41) is 13.6. The Labute approximate surface area is 110 Å². The van der Waals surface area contributed by atoms with Gasteiger partial charge in [0.05, 0.1) is 0 Å². The molecule has 112 valence electrons. The minimum Gasteiger partial charge on any atom is -0.409 e. The third kappa shape index (κ3) is 4.87. The van der Waals surface area contributed by atoms with E-state index in [1.165, 1.54) is 0 Å². The van der Waals surface area contributed by atoms with Crippen molar-refractivity contribution in [2.24, 2.45) is 22.7 Å². The summed E-state index contributed by atoms with van der Waals surface area (Å²) < 4.78 is 38.0. The zero-order valence-electron chi connectivity index (χ0n) is 11.0. The van der Waals surface area contributed by atoms with Crippen molar-refractivity contribution in [1.82, 2.24) is 10.2 Å². The Kier molecular flexibility index (Phi) is 5.86. The van der Waals surface area contributed by atoms with Crippen molar-refractivity contribution in [1.29, 1.82) is 0 Å². The molecular formula is C11H21F3N4O. The summed E-state index contributed by atoms with van der Waals surface area (Å²) in [5.41, 5.74) is 5.07. The van der Waals surface area contributed by atoms with Crippen LogP contribution in [0.15, 0.2) is 5.16 Å². The van der Waals surface area contributed by atoms with E-state index in [2.05, 4.69) is 22.3 Å². The van der Waals surface area contributed by atoms with Gasteiger partial charge in [-0.2, -0.15) is 13.2 Å². The molecule has 1 heterocycles. The summed E-state index contributed by atoms with van der Waals surface area (Å²) in [5.74, 6) is -2.39. The van der Waals surface area contributed by atoms with E-state index in [4.69, 9.17) is 10.9 Å². The molecule has 0 aromatic heterocycles. The van der Waals surface area contributed by atoms with Crippen LogP contribution in [0.25, 0.3) is 0 Å². The predicted octanol–water partition coefficient (Wildman–Crippen LogP) is 0.843. The zero-order valence-corrected chi connectivity index (χ0v) is 11.0. The number of oxime groups is 1. The van der Waals surface area contributed by atoms with E-state index in [1.54, 1.807) is 0 Å². The van der Waals surface area contributed by atoms with E-state index in [0.29, 0.717) is 12.5 Å². The van der Waals surface area contributed by atoms with Crippen LogP contribution >= 0.6 is 0 Å². The average molecular weight is 282 g/mol.